The van der Waals surface area contributed by atoms with Crippen molar-refractivity contribution in [1.29, 1.82) is 0 Å². The van der Waals surface area contributed by atoms with Crippen LogP contribution in [0.1, 0.15) is 5.56 Å². The molecule has 0 heterocycles. The van der Waals surface area contributed by atoms with Gasteiger partial charge in [0, 0.05) is 16.1 Å². The predicted octanol–water partition coefficient (Wildman–Crippen LogP) is 3.28. The van der Waals surface area contributed by atoms with Gasteiger partial charge in [0.25, 0.3) is 0 Å². The van der Waals surface area contributed by atoms with Gasteiger partial charge in [0.05, 0.1) is 16.3 Å². The maximum atomic E-state index is 13.5. The van der Waals surface area contributed by atoms with Gasteiger partial charge in [0.1, 0.15) is 11.6 Å². The van der Waals surface area contributed by atoms with Crippen molar-refractivity contribution in [3.63, 3.8) is 0 Å². The third kappa shape index (κ3) is 3.16. The molecule has 0 aliphatic carbocycles. The predicted molar refractivity (Wildman–Crippen MR) is 75.8 cm³/mol. The van der Waals surface area contributed by atoms with E-state index in [1.807, 2.05) is 0 Å². The molecule has 0 aliphatic rings. The number of sulfone groups is 1. The first-order valence-corrected chi connectivity index (χ1v) is 7.96. The molecule has 2 aromatic rings. The number of nitrogens with two attached hydrogens (primary N) is 1. The lowest BCUT2D eigenvalue weighted by Crippen LogP contribution is -2.09. The Hall–Kier alpha value is -1.47. The minimum absolute atomic E-state index is 0.0712. The number of benzene rings is 2. The molecule has 0 spiro atoms. The van der Waals surface area contributed by atoms with Crippen molar-refractivity contribution in [3.05, 3.63) is 58.1 Å². The van der Waals surface area contributed by atoms with Crippen LogP contribution in [0.4, 0.5) is 14.5 Å². The first kappa shape index (κ1) is 14.9. The number of halogens is 3. The average Bonchev–Trinajstić information content (AvgIpc) is 2.32. The van der Waals surface area contributed by atoms with E-state index < -0.39 is 27.2 Å². The molecule has 0 radical (unpaired) electrons. The van der Waals surface area contributed by atoms with Crippen molar-refractivity contribution in [2.24, 2.45) is 0 Å². The molecule has 0 atom stereocenters. The third-order valence-corrected chi connectivity index (χ3v) is 4.89. The topological polar surface area (TPSA) is 60.2 Å². The summed E-state index contributed by atoms with van der Waals surface area (Å²) in [5.74, 6) is -2.23. The van der Waals surface area contributed by atoms with Gasteiger partial charge in [-0.2, -0.15) is 0 Å². The highest BCUT2D eigenvalue weighted by atomic mass is 79.9. The normalized spacial score (nSPS) is 11.6. The lowest BCUT2D eigenvalue weighted by atomic mass is 10.2. The van der Waals surface area contributed by atoms with Gasteiger partial charge in [-0.1, -0.05) is 22.0 Å². The van der Waals surface area contributed by atoms with Crippen LogP contribution in [0.5, 0.6) is 0 Å². The van der Waals surface area contributed by atoms with Crippen LogP contribution in [0, 0.1) is 11.6 Å². The summed E-state index contributed by atoms with van der Waals surface area (Å²) >= 11 is 3.17. The number of rotatable bonds is 3. The fourth-order valence-corrected chi connectivity index (χ4v) is 3.60. The van der Waals surface area contributed by atoms with Crippen LogP contribution in [-0.2, 0) is 15.6 Å². The SMILES string of the molecule is Nc1cc(Br)ccc1S(=O)(=O)Cc1ccc(F)cc1F. The number of anilines is 1. The average molecular weight is 362 g/mol. The fraction of sp³-hybridized carbons (Fsp3) is 0.0769. The molecule has 0 fully saturated rings. The molecule has 0 saturated carbocycles. The number of nitrogen functional groups attached to an aromatic ring is 1. The zero-order valence-electron chi connectivity index (χ0n) is 10.1. The van der Waals surface area contributed by atoms with E-state index in [0.29, 0.717) is 10.5 Å². The van der Waals surface area contributed by atoms with Crippen molar-refractivity contribution in [3.8, 4) is 0 Å². The van der Waals surface area contributed by atoms with Crippen molar-refractivity contribution >= 4 is 31.5 Å². The Morgan fingerprint density at radius 1 is 1.10 bits per heavy atom. The summed E-state index contributed by atoms with van der Waals surface area (Å²) in [4.78, 5) is -0.0792. The van der Waals surface area contributed by atoms with E-state index >= 15 is 0 Å². The molecule has 0 bridgehead atoms. The Morgan fingerprint density at radius 3 is 2.40 bits per heavy atom. The highest BCUT2D eigenvalue weighted by Gasteiger charge is 2.20. The molecule has 0 saturated heterocycles. The first-order valence-electron chi connectivity index (χ1n) is 5.51. The largest absolute Gasteiger partial charge is 0.398 e. The number of hydrogen-bond donors (Lipinski definition) is 1. The summed E-state index contributed by atoms with van der Waals surface area (Å²) in [6.45, 7) is 0. The molecular weight excluding hydrogens is 352 g/mol. The third-order valence-electron chi connectivity index (χ3n) is 2.67. The second-order valence-electron chi connectivity index (χ2n) is 4.18. The van der Waals surface area contributed by atoms with Gasteiger partial charge in [-0.3, -0.25) is 0 Å². The molecule has 2 aromatic carbocycles. The van der Waals surface area contributed by atoms with Gasteiger partial charge < -0.3 is 5.73 Å². The minimum atomic E-state index is -3.80. The lowest BCUT2D eigenvalue weighted by molar-refractivity contribution is 0.569. The lowest BCUT2D eigenvalue weighted by Gasteiger charge is -2.08. The molecule has 2 N–H and O–H groups in total. The monoisotopic (exact) mass is 361 g/mol. The second-order valence-corrected chi connectivity index (χ2v) is 7.05. The quantitative estimate of drug-likeness (QED) is 0.853. The number of hydrogen-bond acceptors (Lipinski definition) is 3. The van der Waals surface area contributed by atoms with Gasteiger partial charge in [-0.05, 0) is 24.3 Å². The van der Waals surface area contributed by atoms with E-state index in [0.717, 1.165) is 12.1 Å². The van der Waals surface area contributed by atoms with Crippen LogP contribution in [0.3, 0.4) is 0 Å². The minimum Gasteiger partial charge on any atom is -0.398 e. The standard InChI is InChI=1S/C13H10BrF2NO2S/c14-9-2-4-13(12(17)5-9)20(18,19)7-8-1-3-10(15)6-11(8)16/h1-6H,7,17H2. The molecule has 0 amide bonds. The van der Waals surface area contributed by atoms with Crippen molar-refractivity contribution in [1.82, 2.24) is 0 Å². The van der Waals surface area contributed by atoms with Gasteiger partial charge in [-0.15, -0.1) is 0 Å². The van der Waals surface area contributed by atoms with Gasteiger partial charge in [0.2, 0.25) is 0 Å². The van der Waals surface area contributed by atoms with Gasteiger partial charge >= 0.3 is 0 Å². The van der Waals surface area contributed by atoms with Crippen LogP contribution >= 0.6 is 15.9 Å². The van der Waals surface area contributed by atoms with Crippen LogP contribution in [0.25, 0.3) is 0 Å². The molecule has 3 nitrogen and oxygen atoms in total. The fourth-order valence-electron chi connectivity index (χ4n) is 1.72. The van der Waals surface area contributed by atoms with Crippen molar-refractivity contribution < 1.29 is 17.2 Å². The smallest absolute Gasteiger partial charge is 0.184 e. The van der Waals surface area contributed by atoms with Crippen LogP contribution in [0.2, 0.25) is 0 Å². The highest BCUT2D eigenvalue weighted by molar-refractivity contribution is 9.10. The maximum Gasteiger partial charge on any atom is 0.184 e. The Kier molecular flexibility index (Phi) is 4.10. The Bertz CT molecular complexity index is 763. The summed E-state index contributed by atoms with van der Waals surface area (Å²) in [6, 6.07) is 7.10. The zero-order chi connectivity index (χ0) is 14.9. The van der Waals surface area contributed by atoms with E-state index in [4.69, 9.17) is 5.73 Å². The molecule has 7 heteroatoms. The summed E-state index contributed by atoms with van der Waals surface area (Å²) < 4.78 is 51.4. The Morgan fingerprint density at radius 2 is 1.80 bits per heavy atom. The van der Waals surface area contributed by atoms with Gasteiger partial charge in [-0.25, -0.2) is 17.2 Å². The molecule has 0 aromatic heterocycles. The van der Waals surface area contributed by atoms with Crippen molar-refractivity contribution in [2.75, 3.05) is 5.73 Å². The summed E-state index contributed by atoms with van der Waals surface area (Å²) in [5.41, 5.74) is 5.63. The van der Waals surface area contributed by atoms with E-state index in [1.54, 1.807) is 0 Å². The second kappa shape index (κ2) is 5.49. The van der Waals surface area contributed by atoms with E-state index in [-0.39, 0.29) is 16.1 Å². The Balaban J connectivity index is 2.41. The van der Waals surface area contributed by atoms with E-state index in [1.165, 1.54) is 18.2 Å². The maximum absolute atomic E-state index is 13.5. The van der Waals surface area contributed by atoms with E-state index in [9.17, 15) is 17.2 Å². The van der Waals surface area contributed by atoms with Crippen LogP contribution < -0.4 is 5.73 Å². The first-order chi connectivity index (χ1) is 9.29. The van der Waals surface area contributed by atoms with Crippen molar-refractivity contribution in [2.45, 2.75) is 10.6 Å². The molecule has 106 valence electrons. The molecule has 20 heavy (non-hydrogen) atoms. The highest BCUT2D eigenvalue weighted by Crippen LogP contribution is 2.26. The molecular formula is C13H10BrF2NO2S. The summed E-state index contributed by atoms with van der Waals surface area (Å²) in [6.07, 6.45) is 0. The molecule has 0 aliphatic heterocycles. The Labute approximate surface area is 123 Å². The molecule has 2 rings (SSSR count). The van der Waals surface area contributed by atoms with Gasteiger partial charge in [0.15, 0.2) is 9.84 Å². The summed E-state index contributed by atoms with van der Waals surface area (Å²) in [7, 11) is -3.80. The zero-order valence-corrected chi connectivity index (χ0v) is 12.5. The molecule has 0 unspecified atom stereocenters. The van der Waals surface area contributed by atoms with Crippen LogP contribution in [0.15, 0.2) is 45.8 Å². The summed E-state index contributed by atoms with van der Waals surface area (Å²) in [5, 5.41) is 0. The van der Waals surface area contributed by atoms with E-state index in [2.05, 4.69) is 15.9 Å². The van der Waals surface area contributed by atoms with Crippen LogP contribution in [-0.4, -0.2) is 8.42 Å².